The molecule has 0 heterocycles. The second-order valence-corrected chi connectivity index (χ2v) is 3.76. The highest BCUT2D eigenvalue weighted by atomic mass is 79.9. The van der Waals surface area contributed by atoms with E-state index in [-0.39, 0.29) is 5.82 Å². The Kier molecular flexibility index (Phi) is 2.47. The summed E-state index contributed by atoms with van der Waals surface area (Å²) in [4.78, 5) is 0. The molecule has 10 heavy (non-hydrogen) atoms. The van der Waals surface area contributed by atoms with Gasteiger partial charge in [-0.1, -0.05) is 31.9 Å². The predicted molar refractivity (Wildman–Crippen MR) is 46.5 cm³/mol. The number of halogens is 3. The van der Waals surface area contributed by atoms with Crippen LogP contribution in [0.25, 0.3) is 0 Å². The molecule has 0 atom stereocenters. The minimum Gasteiger partial charge on any atom is -0.207 e. The van der Waals surface area contributed by atoms with Crippen LogP contribution in [0.1, 0.15) is 5.56 Å². The lowest BCUT2D eigenvalue weighted by molar-refractivity contribution is 0.616. The third-order valence-corrected chi connectivity index (χ3v) is 2.53. The average molecular weight is 268 g/mol. The average Bonchev–Trinajstić information content (AvgIpc) is 1.82. The van der Waals surface area contributed by atoms with Crippen LogP contribution in [0.3, 0.4) is 0 Å². The van der Waals surface area contributed by atoms with E-state index in [1.165, 1.54) is 6.07 Å². The topological polar surface area (TPSA) is 0 Å². The highest BCUT2D eigenvalue weighted by Crippen LogP contribution is 2.23. The number of rotatable bonds is 0. The second kappa shape index (κ2) is 3.01. The Morgan fingerprint density at radius 2 is 1.90 bits per heavy atom. The number of benzene rings is 1. The Morgan fingerprint density at radius 3 is 2.40 bits per heavy atom. The summed E-state index contributed by atoms with van der Waals surface area (Å²) in [6, 6.07) is 3.26. The highest BCUT2D eigenvalue weighted by Gasteiger charge is 2.01. The van der Waals surface area contributed by atoms with Gasteiger partial charge in [-0.25, -0.2) is 4.39 Å². The third kappa shape index (κ3) is 1.58. The van der Waals surface area contributed by atoms with Gasteiger partial charge in [0, 0.05) is 8.95 Å². The quantitative estimate of drug-likeness (QED) is 0.673. The molecule has 1 aromatic rings. The lowest BCUT2D eigenvalue weighted by Crippen LogP contribution is -1.82. The first-order valence-corrected chi connectivity index (χ1v) is 4.31. The molecule has 0 fully saturated rings. The monoisotopic (exact) mass is 266 g/mol. The van der Waals surface area contributed by atoms with Crippen LogP contribution in [0.4, 0.5) is 4.39 Å². The van der Waals surface area contributed by atoms with Crippen molar-refractivity contribution in [2.45, 2.75) is 6.92 Å². The van der Waals surface area contributed by atoms with Crippen molar-refractivity contribution >= 4 is 31.9 Å². The zero-order valence-corrected chi connectivity index (χ0v) is 8.46. The van der Waals surface area contributed by atoms with Crippen LogP contribution in [0.2, 0.25) is 0 Å². The molecule has 0 bridgehead atoms. The minimum atomic E-state index is -0.193. The largest absolute Gasteiger partial charge is 0.207 e. The van der Waals surface area contributed by atoms with Gasteiger partial charge < -0.3 is 0 Å². The fourth-order valence-electron chi connectivity index (χ4n) is 0.614. The van der Waals surface area contributed by atoms with Crippen LogP contribution in [-0.4, -0.2) is 0 Å². The zero-order chi connectivity index (χ0) is 7.72. The molecule has 0 unspecified atom stereocenters. The van der Waals surface area contributed by atoms with Crippen molar-refractivity contribution < 1.29 is 4.39 Å². The van der Waals surface area contributed by atoms with E-state index in [1.807, 2.05) is 6.07 Å². The summed E-state index contributed by atoms with van der Waals surface area (Å²) >= 11 is 6.40. The van der Waals surface area contributed by atoms with Crippen LogP contribution in [0.5, 0.6) is 0 Å². The van der Waals surface area contributed by atoms with E-state index in [0.29, 0.717) is 5.56 Å². The van der Waals surface area contributed by atoms with Gasteiger partial charge in [0.25, 0.3) is 0 Å². The summed E-state index contributed by atoms with van der Waals surface area (Å²) in [5.41, 5.74) is 0.642. The Labute approximate surface area is 75.7 Å². The van der Waals surface area contributed by atoms with E-state index in [2.05, 4.69) is 31.9 Å². The first-order chi connectivity index (χ1) is 4.61. The van der Waals surface area contributed by atoms with Gasteiger partial charge in [0.1, 0.15) is 5.82 Å². The van der Waals surface area contributed by atoms with Crippen molar-refractivity contribution in [3.05, 3.63) is 32.5 Å². The second-order valence-electron chi connectivity index (χ2n) is 1.99. The Balaban J connectivity index is 3.31. The smallest absolute Gasteiger partial charge is 0.128 e. The molecule has 0 aliphatic heterocycles. The van der Waals surface area contributed by atoms with Gasteiger partial charge in [0.2, 0.25) is 0 Å². The van der Waals surface area contributed by atoms with Crippen molar-refractivity contribution in [1.29, 1.82) is 0 Å². The summed E-state index contributed by atoms with van der Waals surface area (Å²) in [5, 5.41) is 0. The van der Waals surface area contributed by atoms with Gasteiger partial charge in [0.15, 0.2) is 0 Å². The normalized spacial score (nSPS) is 10.0. The van der Waals surface area contributed by atoms with E-state index < -0.39 is 0 Å². The van der Waals surface area contributed by atoms with Gasteiger partial charge in [-0.05, 0) is 24.6 Å². The molecule has 0 N–H and O–H groups in total. The van der Waals surface area contributed by atoms with Crippen molar-refractivity contribution in [2.24, 2.45) is 0 Å². The maximum Gasteiger partial charge on any atom is 0.128 e. The fourth-order valence-corrected chi connectivity index (χ4v) is 1.79. The summed E-state index contributed by atoms with van der Waals surface area (Å²) < 4.78 is 14.3. The molecule has 1 rings (SSSR count). The van der Waals surface area contributed by atoms with E-state index >= 15 is 0 Å². The van der Waals surface area contributed by atoms with Crippen LogP contribution in [-0.2, 0) is 0 Å². The van der Waals surface area contributed by atoms with Gasteiger partial charge in [0.05, 0.1) is 0 Å². The number of hydrogen-bond donors (Lipinski definition) is 0. The molecular formula is C7H5Br2F. The molecule has 0 spiro atoms. The van der Waals surface area contributed by atoms with Crippen LogP contribution >= 0.6 is 31.9 Å². The standard InChI is InChI=1S/C7H5Br2F/c1-4-6(9)2-5(8)3-7(4)10/h2-3H,1H3. The van der Waals surface area contributed by atoms with E-state index in [9.17, 15) is 4.39 Å². The molecule has 0 nitrogen and oxygen atoms in total. The van der Waals surface area contributed by atoms with E-state index in [1.54, 1.807) is 6.92 Å². The SMILES string of the molecule is Cc1c(F)cc(Br)cc1Br. The first-order valence-electron chi connectivity index (χ1n) is 2.72. The van der Waals surface area contributed by atoms with E-state index in [4.69, 9.17) is 0 Å². The maximum atomic E-state index is 12.8. The lowest BCUT2D eigenvalue weighted by Gasteiger charge is -1.99. The Bertz CT molecular complexity index is 235. The molecule has 0 aliphatic rings. The molecule has 0 radical (unpaired) electrons. The molecule has 0 aromatic heterocycles. The highest BCUT2D eigenvalue weighted by molar-refractivity contribution is 9.11. The molecule has 0 saturated heterocycles. The first kappa shape index (κ1) is 8.21. The molecule has 0 aliphatic carbocycles. The van der Waals surface area contributed by atoms with Gasteiger partial charge in [-0.15, -0.1) is 0 Å². The van der Waals surface area contributed by atoms with Crippen LogP contribution < -0.4 is 0 Å². The van der Waals surface area contributed by atoms with Crippen molar-refractivity contribution in [1.82, 2.24) is 0 Å². The van der Waals surface area contributed by atoms with Crippen molar-refractivity contribution in [3.63, 3.8) is 0 Å². The van der Waals surface area contributed by atoms with Crippen molar-refractivity contribution in [2.75, 3.05) is 0 Å². The molecule has 54 valence electrons. The summed E-state index contributed by atoms with van der Waals surface area (Å²) in [7, 11) is 0. The molecular weight excluding hydrogens is 263 g/mol. The summed E-state index contributed by atoms with van der Waals surface area (Å²) in [6.45, 7) is 1.73. The Morgan fingerprint density at radius 1 is 1.30 bits per heavy atom. The molecule has 1 aromatic carbocycles. The predicted octanol–water partition coefficient (Wildman–Crippen LogP) is 3.66. The maximum absolute atomic E-state index is 12.8. The van der Waals surface area contributed by atoms with Gasteiger partial charge in [-0.2, -0.15) is 0 Å². The fraction of sp³-hybridized carbons (Fsp3) is 0.143. The summed E-state index contributed by atoms with van der Waals surface area (Å²) in [5.74, 6) is -0.193. The summed E-state index contributed by atoms with van der Waals surface area (Å²) in [6.07, 6.45) is 0. The zero-order valence-electron chi connectivity index (χ0n) is 5.29. The van der Waals surface area contributed by atoms with Crippen molar-refractivity contribution in [3.8, 4) is 0 Å². The van der Waals surface area contributed by atoms with Gasteiger partial charge >= 0.3 is 0 Å². The lowest BCUT2D eigenvalue weighted by atomic mass is 10.2. The minimum absolute atomic E-state index is 0.193. The van der Waals surface area contributed by atoms with Crippen LogP contribution in [0.15, 0.2) is 21.1 Å². The van der Waals surface area contributed by atoms with Gasteiger partial charge in [-0.3, -0.25) is 0 Å². The van der Waals surface area contributed by atoms with E-state index in [0.717, 1.165) is 8.95 Å². The molecule has 3 heteroatoms. The number of hydrogen-bond acceptors (Lipinski definition) is 0. The third-order valence-electron chi connectivity index (χ3n) is 1.25. The van der Waals surface area contributed by atoms with Crippen LogP contribution in [0, 0.1) is 12.7 Å². The Hall–Kier alpha value is 0.110. The molecule has 0 amide bonds. The molecule has 0 saturated carbocycles.